The molecule has 0 bridgehead atoms. The van der Waals surface area contributed by atoms with Gasteiger partial charge in [0.15, 0.2) is 0 Å². The van der Waals surface area contributed by atoms with Crippen LogP contribution in [0.1, 0.15) is 21.6 Å². The van der Waals surface area contributed by atoms with E-state index in [1.165, 1.54) is 0 Å². The highest BCUT2D eigenvalue weighted by Gasteiger charge is 2.08. The summed E-state index contributed by atoms with van der Waals surface area (Å²) in [6.07, 6.45) is 0. The molecule has 2 aromatic rings. The SMILES string of the molecule is Cc1cc(NC(=O)c2ccc(CCl)cc2)on1. The molecule has 0 spiro atoms. The van der Waals surface area contributed by atoms with Gasteiger partial charge in [0.1, 0.15) is 0 Å². The summed E-state index contributed by atoms with van der Waals surface area (Å²) in [6.45, 7) is 1.79. The molecular weight excluding hydrogens is 240 g/mol. The van der Waals surface area contributed by atoms with E-state index in [2.05, 4.69) is 10.5 Å². The van der Waals surface area contributed by atoms with Crippen LogP contribution < -0.4 is 5.32 Å². The predicted molar refractivity (Wildman–Crippen MR) is 65.2 cm³/mol. The lowest BCUT2D eigenvalue weighted by molar-refractivity contribution is 0.102. The Morgan fingerprint density at radius 1 is 1.41 bits per heavy atom. The van der Waals surface area contributed by atoms with Gasteiger partial charge in [-0.15, -0.1) is 11.6 Å². The molecule has 0 aliphatic carbocycles. The Labute approximate surface area is 104 Å². The van der Waals surface area contributed by atoms with Gasteiger partial charge in [-0.25, -0.2) is 0 Å². The molecule has 0 saturated heterocycles. The maximum atomic E-state index is 11.8. The molecule has 0 atom stereocenters. The van der Waals surface area contributed by atoms with Gasteiger partial charge in [-0.3, -0.25) is 10.1 Å². The number of halogens is 1. The summed E-state index contributed by atoms with van der Waals surface area (Å²) in [5, 5.41) is 6.30. The quantitative estimate of drug-likeness (QED) is 0.852. The molecule has 2 rings (SSSR count). The molecule has 88 valence electrons. The van der Waals surface area contributed by atoms with Crippen molar-refractivity contribution in [2.75, 3.05) is 5.32 Å². The maximum Gasteiger partial charge on any atom is 0.258 e. The summed E-state index contributed by atoms with van der Waals surface area (Å²) in [4.78, 5) is 11.8. The Balaban J connectivity index is 2.09. The second-order valence-corrected chi connectivity index (χ2v) is 3.88. The molecule has 0 fully saturated rings. The third-order valence-corrected chi connectivity index (χ3v) is 2.54. The molecule has 0 unspecified atom stereocenters. The summed E-state index contributed by atoms with van der Waals surface area (Å²) < 4.78 is 4.90. The van der Waals surface area contributed by atoms with E-state index in [9.17, 15) is 4.79 Å². The Morgan fingerprint density at radius 3 is 2.65 bits per heavy atom. The molecule has 4 nitrogen and oxygen atoms in total. The zero-order valence-corrected chi connectivity index (χ0v) is 9.99. The van der Waals surface area contributed by atoms with Gasteiger partial charge in [0.05, 0.1) is 5.69 Å². The molecule has 0 saturated carbocycles. The number of carbonyl (C=O) groups excluding carboxylic acids is 1. The minimum atomic E-state index is -0.234. The van der Waals surface area contributed by atoms with Gasteiger partial charge < -0.3 is 4.52 Å². The molecule has 1 N–H and O–H groups in total. The summed E-state index contributed by atoms with van der Waals surface area (Å²) in [7, 11) is 0. The molecule has 5 heteroatoms. The van der Waals surface area contributed by atoms with Crippen molar-refractivity contribution in [1.82, 2.24) is 5.16 Å². The van der Waals surface area contributed by atoms with Gasteiger partial charge in [0, 0.05) is 17.5 Å². The first-order chi connectivity index (χ1) is 8.19. The van der Waals surface area contributed by atoms with Crippen LogP contribution in [-0.4, -0.2) is 11.1 Å². The van der Waals surface area contributed by atoms with Gasteiger partial charge in [0.2, 0.25) is 5.88 Å². The highest BCUT2D eigenvalue weighted by molar-refractivity contribution is 6.17. The van der Waals surface area contributed by atoms with E-state index in [-0.39, 0.29) is 5.91 Å². The van der Waals surface area contributed by atoms with Crippen molar-refractivity contribution in [3.05, 3.63) is 47.2 Å². The highest BCUT2D eigenvalue weighted by atomic mass is 35.5. The highest BCUT2D eigenvalue weighted by Crippen LogP contribution is 2.12. The molecule has 17 heavy (non-hydrogen) atoms. The van der Waals surface area contributed by atoms with Crippen LogP contribution in [0.4, 0.5) is 5.88 Å². The summed E-state index contributed by atoms with van der Waals surface area (Å²) >= 11 is 5.67. The zero-order chi connectivity index (χ0) is 12.3. The Bertz CT molecular complexity index is 520. The molecule has 0 aliphatic heterocycles. The van der Waals surface area contributed by atoms with Gasteiger partial charge in [-0.05, 0) is 24.6 Å². The molecule has 1 aromatic carbocycles. The first-order valence-electron chi connectivity index (χ1n) is 5.08. The monoisotopic (exact) mass is 250 g/mol. The maximum absolute atomic E-state index is 11.8. The number of amides is 1. The van der Waals surface area contributed by atoms with Crippen LogP contribution in [0.3, 0.4) is 0 Å². The molecule has 0 aliphatic rings. The number of aromatic nitrogens is 1. The van der Waals surface area contributed by atoms with Gasteiger partial charge >= 0.3 is 0 Å². The smallest absolute Gasteiger partial charge is 0.258 e. The van der Waals surface area contributed by atoms with Crippen LogP contribution in [0, 0.1) is 6.92 Å². The topological polar surface area (TPSA) is 55.1 Å². The van der Waals surface area contributed by atoms with E-state index in [0.717, 1.165) is 11.3 Å². The minimum Gasteiger partial charge on any atom is -0.338 e. The number of hydrogen-bond donors (Lipinski definition) is 1. The lowest BCUT2D eigenvalue weighted by Gasteiger charge is -2.01. The fourth-order valence-corrected chi connectivity index (χ4v) is 1.53. The fourth-order valence-electron chi connectivity index (χ4n) is 1.35. The Morgan fingerprint density at radius 2 is 2.12 bits per heavy atom. The number of carbonyl (C=O) groups is 1. The van der Waals surface area contributed by atoms with Crippen molar-refractivity contribution >= 4 is 23.4 Å². The Hall–Kier alpha value is -1.81. The van der Waals surface area contributed by atoms with E-state index in [1.54, 1.807) is 25.1 Å². The lowest BCUT2D eigenvalue weighted by atomic mass is 10.1. The number of alkyl halides is 1. The number of benzene rings is 1. The molecule has 1 amide bonds. The fraction of sp³-hybridized carbons (Fsp3) is 0.167. The summed E-state index contributed by atoms with van der Waals surface area (Å²) in [6, 6.07) is 8.72. The summed E-state index contributed by atoms with van der Waals surface area (Å²) in [5.41, 5.74) is 2.24. The molecule has 0 radical (unpaired) electrons. The van der Waals surface area contributed by atoms with Crippen LogP contribution in [0.5, 0.6) is 0 Å². The van der Waals surface area contributed by atoms with Gasteiger partial charge in [-0.2, -0.15) is 0 Å². The van der Waals surface area contributed by atoms with Crippen LogP contribution in [0.2, 0.25) is 0 Å². The summed E-state index contributed by atoms with van der Waals surface area (Å²) in [5.74, 6) is 0.541. The number of aryl methyl sites for hydroxylation is 1. The second-order valence-electron chi connectivity index (χ2n) is 3.62. The van der Waals surface area contributed by atoms with Crippen molar-refractivity contribution in [1.29, 1.82) is 0 Å². The minimum absolute atomic E-state index is 0.234. The number of anilines is 1. The Kier molecular flexibility index (Phi) is 3.44. The first-order valence-corrected chi connectivity index (χ1v) is 5.62. The van der Waals surface area contributed by atoms with E-state index >= 15 is 0 Å². The number of hydrogen-bond acceptors (Lipinski definition) is 3. The van der Waals surface area contributed by atoms with Crippen molar-refractivity contribution in [3.63, 3.8) is 0 Å². The number of nitrogens with one attached hydrogen (secondary N) is 1. The normalized spacial score (nSPS) is 10.2. The number of nitrogens with zero attached hydrogens (tertiary/aromatic N) is 1. The van der Waals surface area contributed by atoms with Gasteiger partial charge in [0.25, 0.3) is 5.91 Å². The van der Waals surface area contributed by atoms with Crippen LogP contribution in [-0.2, 0) is 5.88 Å². The van der Waals surface area contributed by atoms with E-state index < -0.39 is 0 Å². The van der Waals surface area contributed by atoms with Crippen molar-refractivity contribution in [3.8, 4) is 0 Å². The first kappa shape index (κ1) is 11.7. The second kappa shape index (κ2) is 5.01. The van der Waals surface area contributed by atoms with Crippen molar-refractivity contribution < 1.29 is 9.32 Å². The predicted octanol–water partition coefficient (Wildman–Crippen LogP) is 2.97. The largest absolute Gasteiger partial charge is 0.338 e. The molecular formula is C12H11ClN2O2. The van der Waals surface area contributed by atoms with E-state index in [0.29, 0.717) is 17.3 Å². The van der Waals surface area contributed by atoms with Crippen molar-refractivity contribution in [2.24, 2.45) is 0 Å². The zero-order valence-electron chi connectivity index (χ0n) is 9.24. The average molecular weight is 251 g/mol. The standard InChI is InChI=1S/C12H11ClN2O2/c1-8-6-11(17-15-8)14-12(16)10-4-2-9(7-13)3-5-10/h2-6H,7H2,1H3,(H,14,16). The van der Waals surface area contributed by atoms with Crippen LogP contribution in [0.15, 0.2) is 34.9 Å². The molecule has 1 heterocycles. The average Bonchev–Trinajstić information content (AvgIpc) is 2.75. The van der Waals surface area contributed by atoms with Crippen LogP contribution in [0.25, 0.3) is 0 Å². The van der Waals surface area contributed by atoms with Crippen molar-refractivity contribution in [2.45, 2.75) is 12.8 Å². The molecule has 1 aromatic heterocycles. The third-order valence-electron chi connectivity index (χ3n) is 2.24. The lowest BCUT2D eigenvalue weighted by Crippen LogP contribution is -2.11. The number of rotatable bonds is 3. The van der Waals surface area contributed by atoms with Gasteiger partial charge in [-0.1, -0.05) is 17.3 Å². The third kappa shape index (κ3) is 2.85. The van der Waals surface area contributed by atoms with E-state index in [4.69, 9.17) is 16.1 Å². The van der Waals surface area contributed by atoms with Crippen LogP contribution >= 0.6 is 11.6 Å². The van der Waals surface area contributed by atoms with E-state index in [1.807, 2.05) is 12.1 Å².